The first-order chi connectivity index (χ1) is 12.5. The molecule has 138 valence electrons. The zero-order valence-electron chi connectivity index (χ0n) is 14.2. The van der Waals surface area contributed by atoms with Crippen molar-refractivity contribution >= 4 is 26.2 Å². The first-order valence-electron chi connectivity index (χ1n) is 8.10. The number of alkyl halides is 1. The van der Waals surface area contributed by atoms with Crippen LogP contribution >= 0.6 is 20.1 Å². The molecule has 0 unspecified atom stereocenters. The summed E-state index contributed by atoms with van der Waals surface area (Å²) in [4.78, 5) is 4.26. The molecule has 2 aromatic carbocycles. The van der Waals surface area contributed by atoms with E-state index in [9.17, 15) is 14.6 Å². The molecule has 0 bridgehead atoms. The number of hydrogen-bond acceptors (Lipinski definition) is 5. The maximum absolute atomic E-state index is 13.3. The molecule has 7 heteroatoms. The van der Waals surface area contributed by atoms with Gasteiger partial charge < -0.3 is 0 Å². The minimum atomic E-state index is -2.52. The van der Waals surface area contributed by atoms with Crippen LogP contribution in [0.2, 0.25) is 0 Å². The third kappa shape index (κ3) is 4.16. The number of fused-ring (bicyclic) bond motifs is 1. The van der Waals surface area contributed by atoms with Crippen molar-refractivity contribution in [3.05, 3.63) is 67.8 Å². The first-order valence-corrected chi connectivity index (χ1v) is 11.9. The molecule has 0 radical (unpaired) electrons. The summed E-state index contributed by atoms with van der Waals surface area (Å²) in [6, 6.07) is 9.28. The Morgan fingerprint density at radius 2 is 2.12 bits per heavy atom. The van der Waals surface area contributed by atoms with Crippen LogP contribution in [0.1, 0.15) is 18.9 Å². The molecule has 3 N–H and O–H groups in total. The van der Waals surface area contributed by atoms with Crippen LogP contribution in [0.15, 0.2) is 50.9 Å². The second kappa shape index (κ2) is 8.05. The third-order valence-corrected chi connectivity index (χ3v) is 7.24. The number of allylic oxidation sites excluding steroid dienone is 1. The Morgan fingerprint density at radius 3 is 2.85 bits per heavy atom. The maximum atomic E-state index is 13.3. The van der Waals surface area contributed by atoms with Crippen molar-refractivity contribution < 1.29 is 19.3 Å². The van der Waals surface area contributed by atoms with Crippen LogP contribution in [-0.4, -0.2) is 11.7 Å². The van der Waals surface area contributed by atoms with Gasteiger partial charge in [0.15, 0.2) is 0 Å². The summed E-state index contributed by atoms with van der Waals surface area (Å²) in [5.41, 5.74) is 1.07. The summed E-state index contributed by atoms with van der Waals surface area (Å²) in [6.07, 6.45) is 2.43. The second-order valence-corrected chi connectivity index (χ2v) is 9.81. The van der Waals surface area contributed by atoms with Crippen LogP contribution in [-0.2, 0) is 4.43 Å². The van der Waals surface area contributed by atoms with E-state index in [1.807, 2.05) is 6.92 Å². The van der Waals surface area contributed by atoms with Gasteiger partial charge in [-0.25, -0.2) is 0 Å². The van der Waals surface area contributed by atoms with Crippen molar-refractivity contribution in [3.63, 3.8) is 0 Å². The van der Waals surface area contributed by atoms with Crippen LogP contribution < -0.4 is 24.4 Å². The van der Waals surface area contributed by atoms with E-state index in [0.717, 1.165) is 12.0 Å². The summed E-state index contributed by atoms with van der Waals surface area (Å²) in [5.74, 6) is 0.0958. The van der Waals surface area contributed by atoms with Crippen LogP contribution in [0.4, 0.5) is 4.39 Å². The van der Waals surface area contributed by atoms with Gasteiger partial charge in [0.25, 0.3) is 0 Å². The molecule has 1 aliphatic rings. The fraction of sp³-hybridized carbons (Fsp3) is 0.211. The van der Waals surface area contributed by atoms with E-state index in [1.165, 1.54) is 12.1 Å². The molecule has 0 atom stereocenters. The Morgan fingerprint density at radius 1 is 1.31 bits per heavy atom. The number of benzene rings is 2. The zero-order valence-corrected chi connectivity index (χ0v) is 16.4. The zero-order chi connectivity index (χ0) is 18.7. The predicted octanol–water partition coefficient (Wildman–Crippen LogP) is 1.84. The van der Waals surface area contributed by atoms with E-state index in [0.29, 0.717) is 27.4 Å². The van der Waals surface area contributed by atoms with Gasteiger partial charge in [0.2, 0.25) is 0 Å². The van der Waals surface area contributed by atoms with Crippen molar-refractivity contribution in [2.24, 2.45) is 8.94 Å². The molecule has 0 fully saturated rings. The van der Waals surface area contributed by atoms with Gasteiger partial charge in [0, 0.05) is 0 Å². The van der Waals surface area contributed by atoms with Crippen LogP contribution in [0.5, 0.6) is 11.5 Å². The molecule has 26 heavy (non-hydrogen) atoms. The van der Waals surface area contributed by atoms with Crippen LogP contribution in [0.25, 0.3) is 6.08 Å². The molecule has 0 spiro atoms. The summed E-state index contributed by atoms with van der Waals surface area (Å²) in [6.45, 7) is 2.51. The Kier molecular flexibility index (Phi) is 5.77. The summed E-state index contributed by atoms with van der Waals surface area (Å²) >= 11 is -2.52. The van der Waals surface area contributed by atoms with E-state index in [2.05, 4.69) is 4.99 Å². The molecule has 0 aliphatic carbocycles. The van der Waals surface area contributed by atoms with Gasteiger partial charge in [-0.1, -0.05) is 0 Å². The molecule has 0 amide bonds. The molecular weight excluding hydrogens is 450 g/mol. The molecule has 0 aromatic heterocycles. The summed E-state index contributed by atoms with van der Waals surface area (Å²) in [7, 11) is 0. The molecule has 1 heterocycles. The third-order valence-electron chi connectivity index (χ3n) is 3.73. The fourth-order valence-corrected chi connectivity index (χ4v) is 5.24. The van der Waals surface area contributed by atoms with E-state index in [1.54, 1.807) is 30.3 Å². The molecule has 2 aromatic rings. The van der Waals surface area contributed by atoms with Gasteiger partial charge in [-0.05, 0) is 0 Å². The molecular formula is C19H19FIN2O3-. The minimum absolute atomic E-state index is 0.0420. The normalized spacial score (nSPS) is 15.0. The van der Waals surface area contributed by atoms with Gasteiger partial charge in [0.1, 0.15) is 0 Å². The Balaban J connectivity index is 1.78. The average molecular weight is 469 g/mol. The van der Waals surface area contributed by atoms with Gasteiger partial charge in [-0.2, -0.15) is 0 Å². The Labute approximate surface area is 158 Å². The number of hydrogen-bond donors (Lipinski definition) is 2. The van der Waals surface area contributed by atoms with Gasteiger partial charge in [-0.15, -0.1) is 0 Å². The SMILES string of the molecule is CCCOc1ccc(CI(N)C([O-])=C2C=c3cc(F)ccc3=N2)cc1O. The van der Waals surface area contributed by atoms with Crippen LogP contribution in [0.3, 0.4) is 0 Å². The second-order valence-electron chi connectivity index (χ2n) is 5.80. The summed E-state index contributed by atoms with van der Waals surface area (Å²) < 4.78 is 25.1. The fourth-order valence-electron chi connectivity index (χ4n) is 2.48. The monoisotopic (exact) mass is 469 g/mol. The van der Waals surface area contributed by atoms with Crippen molar-refractivity contribution in [2.75, 3.05) is 6.61 Å². The predicted molar refractivity (Wildman–Crippen MR) is 104 cm³/mol. The summed E-state index contributed by atoms with van der Waals surface area (Å²) in [5, 5.41) is 23.8. The Bertz CT molecular complexity index is 975. The van der Waals surface area contributed by atoms with Crippen LogP contribution in [0, 0.1) is 5.82 Å². The number of rotatable bonds is 6. The molecule has 3 rings (SSSR count). The van der Waals surface area contributed by atoms with Crippen molar-refractivity contribution in [1.82, 2.24) is 0 Å². The van der Waals surface area contributed by atoms with Gasteiger partial charge in [0.05, 0.1) is 0 Å². The number of halogens is 2. The Hall–Kier alpha value is -2.13. The number of phenols is 1. The quantitative estimate of drug-likeness (QED) is 0.293. The molecule has 5 nitrogen and oxygen atoms in total. The number of aromatic hydroxyl groups is 1. The van der Waals surface area contributed by atoms with E-state index >= 15 is 0 Å². The molecule has 0 saturated heterocycles. The number of nitrogens with zero attached hydrogens (tertiary/aromatic N) is 1. The molecule has 1 aliphatic heterocycles. The van der Waals surface area contributed by atoms with Crippen molar-refractivity contribution in [2.45, 2.75) is 17.8 Å². The van der Waals surface area contributed by atoms with Crippen molar-refractivity contribution in [3.8, 4) is 11.5 Å². The van der Waals surface area contributed by atoms with E-state index in [-0.39, 0.29) is 21.0 Å². The number of nitrogens with two attached hydrogens (primary N) is 1. The standard InChI is InChI=1S/C19H20FIN2O3/c1-2-7-26-18-6-3-12(8-17(18)24)11-21(22)19(25)16-10-13-9-14(20)4-5-15(13)23-16/h3-6,8-10,24-25H,2,7,11,22H2,1H3/p-1. The number of ether oxygens (including phenoxy) is 1. The number of phenolic OH excluding ortho intramolecular Hbond substituents is 1. The van der Waals surface area contributed by atoms with E-state index < -0.39 is 20.1 Å². The topological polar surface area (TPSA) is 90.9 Å². The first kappa shape index (κ1) is 18.7. The van der Waals surface area contributed by atoms with Gasteiger partial charge >= 0.3 is 158 Å². The molecule has 0 saturated carbocycles. The van der Waals surface area contributed by atoms with E-state index in [4.69, 9.17) is 8.68 Å². The average Bonchev–Trinajstić information content (AvgIpc) is 3.03. The van der Waals surface area contributed by atoms with Crippen molar-refractivity contribution in [1.29, 1.82) is 0 Å². The van der Waals surface area contributed by atoms with Gasteiger partial charge in [-0.3, -0.25) is 0 Å².